The van der Waals surface area contributed by atoms with Gasteiger partial charge in [-0.1, -0.05) is 39.3 Å². The summed E-state index contributed by atoms with van der Waals surface area (Å²) in [5, 5.41) is 122. The Morgan fingerprint density at radius 1 is 0.658 bits per heavy atom. The second-order valence-electron chi connectivity index (χ2n) is 24.1. The molecule has 0 bridgehead atoms. The minimum Gasteiger partial charge on any atom is -0.394 e. The van der Waals surface area contributed by atoms with Gasteiger partial charge in [-0.05, 0) is 109 Å². The Balaban J connectivity index is 0.888. The van der Waals surface area contributed by atoms with Crippen molar-refractivity contribution in [1.29, 1.82) is 0 Å². The maximum atomic E-state index is 12.9. The molecule has 0 aromatic rings. The van der Waals surface area contributed by atoms with Crippen LogP contribution in [0.1, 0.15) is 114 Å². The van der Waals surface area contributed by atoms with Crippen molar-refractivity contribution in [2.24, 2.45) is 40.4 Å². The number of fused-ring (bicyclic) bond motifs is 5. The van der Waals surface area contributed by atoms with Gasteiger partial charge < -0.3 is 104 Å². The van der Waals surface area contributed by atoms with Crippen molar-refractivity contribution < 1.29 is 104 Å². The van der Waals surface area contributed by atoms with E-state index in [1.54, 1.807) is 0 Å². The number of aliphatic hydroxyl groups excluding tert-OH is 10. The first kappa shape index (κ1) is 56.6. The van der Waals surface area contributed by atoms with Crippen molar-refractivity contribution >= 4 is 0 Å². The summed E-state index contributed by atoms with van der Waals surface area (Å²) >= 11 is 0. The van der Waals surface area contributed by atoms with E-state index < -0.39 is 147 Å². The molecule has 6 aliphatic heterocycles. The van der Waals surface area contributed by atoms with Crippen LogP contribution in [0.5, 0.6) is 0 Å². The normalized spacial score (nSPS) is 56.7. The Kier molecular flexibility index (Phi) is 16.4. The number of allylic oxidation sites excluding steroid dienone is 2. The molecule has 8 fully saturated rings. The maximum absolute atomic E-state index is 12.9. The summed E-state index contributed by atoms with van der Waals surface area (Å²) in [4.78, 5) is 0. The molecule has 0 aromatic carbocycles. The van der Waals surface area contributed by atoms with E-state index in [1.807, 2.05) is 6.92 Å². The van der Waals surface area contributed by atoms with Gasteiger partial charge >= 0.3 is 0 Å². The van der Waals surface area contributed by atoms with Crippen LogP contribution < -0.4 is 0 Å². The van der Waals surface area contributed by atoms with Crippen LogP contribution in [0, 0.1) is 40.4 Å². The highest BCUT2D eigenvalue weighted by Gasteiger charge is 2.76. The third-order valence-corrected chi connectivity index (χ3v) is 19.9. The molecule has 9 aliphatic rings. The van der Waals surface area contributed by atoms with Gasteiger partial charge in [0.15, 0.2) is 30.9 Å². The van der Waals surface area contributed by atoms with Gasteiger partial charge in [-0.25, -0.2) is 0 Å². The summed E-state index contributed by atoms with van der Waals surface area (Å²) in [6, 6.07) is 0. The van der Waals surface area contributed by atoms with E-state index in [4.69, 9.17) is 47.4 Å². The van der Waals surface area contributed by atoms with Crippen LogP contribution in [0.4, 0.5) is 0 Å². The molecule has 31 atom stereocenters. The zero-order chi connectivity index (χ0) is 53.0. The predicted octanol–water partition coefficient (Wildman–Crippen LogP) is -0.155. The van der Waals surface area contributed by atoms with Gasteiger partial charge in [-0.2, -0.15) is 0 Å². The summed E-state index contributed by atoms with van der Waals surface area (Å²) in [5.41, 5.74) is -0.317. The maximum Gasteiger partial charge on any atom is 0.187 e. The lowest BCUT2D eigenvalue weighted by Gasteiger charge is -2.58. The molecule has 9 rings (SSSR count). The summed E-state index contributed by atoms with van der Waals surface area (Å²) < 4.78 is 61.7. The first-order valence-corrected chi connectivity index (χ1v) is 27.0. The number of aliphatic hydroxyl groups is 11. The second kappa shape index (κ2) is 21.2. The van der Waals surface area contributed by atoms with Crippen LogP contribution in [0.2, 0.25) is 0 Å². The molecule has 0 radical (unpaired) electrons. The summed E-state index contributed by atoms with van der Waals surface area (Å²) in [6.45, 7) is 17.3. The molecule has 11 N–H and O–H groups in total. The van der Waals surface area contributed by atoms with Crippen molar-refractivity contribution in [3.8, 4) is 0 Å². The van der Waals surface area contributed by atoms with Crippen LogP contribution in [0.25, 0.3) is 0 Å². The van der Waals surface area contributed by atoms with Gasteiger partial charge in [-0.3, -0.25) is 0 Å². The monoisotopic (exact) mass is 1050 g/mol. The molecule has 6 heterocycles. The molecule has 6 saturated heterocycles. The number of hydrogen-bond donors (Lipinski definition) is 11. The predicted molar refractivity (Wildman–Crippen MR) is 252 cm³/mol. The third kappa shape index (κ3) is 9.53. The molecule has 5 unspecified atom stereocenters. The van der Waals surface area contributed by atoms with E-state index in [2.05, 4.69) is 40.7 Å². The third-order valence-electron chi connectivity index (χ3n) is 19.9. The van der Waals surface area contributed by atoms with Gasteiger partial charge in [0, 0.05) is 17.8 Å². The second-order valence-corrected chi connectivity index (χ2v) is 24.1. The number of ether oxygens (including phenoxy) is 10. The van der Waals surface area contributed by atoms with Gasteiger partial charge in [0.2, 0.25) is 0 Å². The quantitative estimate of drug-likeness (QED) is 0.113. The Morgan fingerprint density at radius 2 is 1.23 bits per heavy atom. The van der Waals surface area contributed by atoms with E-state index in [9.17, 15) is 56.2 Å². The van der Waals surface area contributed by atoms with Gasteiger partial charge in [0.05, 0.1) is 43.7 Å². The van der Waals surface area contributed by atoms with Gasteiger partial charge in [-0.15, -0.1) is 0 Å². The fourth-order valence-electron chi connectivity index (χ4n) is 14.9. The van der Waals surface area contributed by atoms with Crippen molar-refractivity contribution in [3.63, 3.8) is 0 Å². The molecular weight excluding hydrogens is 961 g/mol. The van der Waals surface area contributed by atoms with E-state index in [0.29, 0.717) is 37.2 Å². The van der Waals surface area contributed by atoms with E-state index in [-0.39, 0.29) is 28.8 Å². The highest BCUT2D eigenvalue weighted by molar-refractivity contribution is 5.27. The Morgan fingerprint density at radius 3 is 1.82 bits per heavy atom. The average Bonchev–Trinajstić information content (AvgIpc) is 3.71. The van der Waals surface area contributed by atoms with Crippen molar-refractivity contribution in [2.75, 3.05) is 13.2 Å². The van der Waals surface area contributed by atoms with Crippen molar-refractivity contribution in [1.82, 2.24) is 0 Å². The highest BCUT2D eigenvalue weighted by Crippen LogP contribution is 2.71. The first-order chi connectivity index (χ1) is 34.3. The molecule has 21 nitrogen and oxygen atoms in total. The molecular formula is C52H86O21. The van der Waals surface area contributed by atoms with Crippen LogP contribution in [0.3, 0.4) is 0 Å². The lowest BCUT2D eigenvalue weighted by Crippen LogP contribution is -2.67. The first-order valence-electron chi connectivity index (χ1n) is 27.0. The van der Waals surface area contributed by atoms with Crippen molar-refractivity contribution in [3.05, 3.63) is 11.6 Å². The smallest absolute Gasteiger partial charge is 0.187 e. The van der Waals surface area contributed by atoms with Gasteiger partial charge in [0.25, 0.3) is 0 Å². The largest absolute Gasteiger partial charge is 0.394 e. The fraction of sp³-hybridized carbons (Fsp3) is 0.962. The SMILES string of the molecule is CC1=CCC2C(CC[C@@]3(C)C2CC2OC4(CC[C@@H](C)CO4)[C@@H](C)[C@@]23O)[C@@]1(C)CC[C@@H](C)O[C@@H]1O[C@H](CO)[C@@H](O[C@@H]2O[C@@H](C)[C@H](O[C@@H]3O[C@@H](C)[C@H](O)[C@@H](O)[C@H]3O)[C@@H](O)[C@H]2O)[C@H](O)[C@H]1O[C@@H]1O[C@@H](C)[C@H](O)[C@@H](O)[C@H]1O. The van der Waals surface area contributed by atoms with E-state index >= 15 is 0 Å². The highest BCUT2D eigenvalue weighted by atomic mass is 16.8. The zero-order valence-corrected chi connectivity index (χ0v) is 43.7. The van der Waals surface area contributed by atoms with E-state index in [1.165, 1.54) is 26.3 Å². The molecule has 73 heavy (non-hydrogen) atoms. The molecule has 21 heteroatoms. The minimum absolute atomic E-state index is 0.169. The van der Waals surface area contributed by atoms with Crippen LogP contribution in [-0.4, -0.2) is 216 Å². The van der Waals surface area contributed by atoms with E-state index in [0.717, 1.165) is 38.5 Å². The lowest BCUT2D eigenvalue weighted by atomic mass is 9.47. The van der Waals surface area contributed by atoms with Crippen LogP contribution in [0.15, 0.2) is 11.6 Å². The number of hydrogen-bond acceptors (Lipinski definition) is 21. The summed E-state index contributed by atoms with van der Waals surface area (Å²) in [7, 11) is 0. The minimum atomic E-state index is -1.87. The molecule has 1 spiro atoms. The zero-order valence-electron chi connectivity index (χ0n) is 43.7. The van der Waals surface area contributed by atoms with Gasteiger partial charge in [0.1, 0.15) is 85.0 Å². The number of rotatable bonds is 12. The average molecular weight is 1050 g/mol. The summed E-state index contributed by atoms with van der Waals surface area (Å²) in [5.74, 6) is 0.395. The molecule has 0 aromatic heterocycles. The Hall–Kier alpha value is -1.10. The van der Waals surface area contributed by atoms with Crippen LogP contribution >= 0.6 is 0 Å². The molecule has 2 saturated carbocycles. The molecule has 420 valence electrons. The Labute approximate surface area is 427 Å². The fourth-order valence-corrected chi connectivity index (χ4v) is 14.9. The Bertz CT molecular complexity index is 1920. The lowest BCUT2D eigenvalue weighted by molar-refractivity contribution is -0.393. The standard InChI is InChI=1S/C52H86O21/c1-21-12-17-51(64-20-21)27(7)52(63)32(73-51)18-30-28-11-10-22(2)49(8,29(28)14-16-50(30,52)9)15-13-23(3)65-48-44(72-46-39(60)36(57)34(55)25(5)67-46)41(62)43(31(19-53)69-48)71-47-40(61)37(58)42(26(6)68-47)70-45-38(59)35(56)33(54)24(4)66-45/h10,21,23-48,53-63H,11-20H2,1-9H3/t21-,23-,24+,25+,26+,27-,28?,29?,30?,31-,32?,33+,34+,35-,36-,37+,38-,39-,40-,41+,42+,43-,44-,45+,46+,47+,48-,49+,50+,51?,52-/m1/s1. The summed E-state index contributed by atoms with van der Waals surface area (Å²) in [6.07, 6.45) is -22.2. The molecule has 0 amide bonds. The molecule has 3 aliphatic carbocycles. The van der Waals surface area contributed by atoms with Crippen molar-refractivity contribution in [2.45, 2.75) is 260 Å². The topological polar surface area (TPSA) is 315 Å². The van der Waals surface area contributed by atoms with Crippen LogP contribution in [-0.2, 0) is 47.4 Å².